The van der Waals surface area contributed by atoms with E-state index in [4.69, 9.17) is 0 Å². The monoisotopic (exact) mass is 468 g/mol. The summed E-state index contributed by atoms with van der Waals surface area (Å²) in [5.41, 5.74) is 3.97. The number of likely N-dealkylation sites (N-methyl/N-ethyl adjacent to an activating group) is 2. The van der Waals surface area contributed by atoms with Crippen molar-refractivity contribution in [3.63, 3.8) is 0 Å². The molecule has 6 nitrogen and oxygen atoms in total. The second-order valence-electron chi connectivity index (χ2n) is 7.86. The minimum atomic E-state index is -0.475. The molecule has 1 amide bonds. The molecule has 0 fully saturated rings. The first kappa shape index (κ1) is 29.2. The van der Waals surface area contributed by atoms with Gasteiger partial charge in [-0.1, -0.05) is 58.1 Å². The maximum absolute atomic E-state index is 12.6. The zero-order chi connectivity index (χ0) is 25.3. The van der Waals surface area contributed by atoms with Crippen LogP contribution in [0, 0.1) is 0 Å². The summed E-state index contributed by atoms with van der Waals surface area (Å²) < 4.78 is 0. The van der Waals surface area contributed by atoms with E-state index < -0.39 is 6.10 Å². The number of amides is 1. The average molecular weight is 469 g/mol. The van der Waals surface area contributed by atoms with Crippen molar-refractivity contribution in [2.75, 3.05) is 46.8 Å². The number of hydrogen-bond donors (Lipinski definition) is 3. The van der Waals surface area contributed by atoms with E-state index in [1.165, 1.54) is 0 Å². The normalized spacial score (nSPS) is 15.0. The third kappa shape index (κ3) is 9.98. The molecule has 2 aliphatic heterocycles. The lowest BCUT2D eigenvalue weighted by atomic mass is 10.1. The molecule has 6 heteroatoms. The summed E-state index contributed by atoms with van der Waals surface area (Å²) in [4.78, 5) is 16.4. The first-order valence-electron chi connectivity index (χ1n) is 12.4. The summed E-state index contributed by atoms with van der Waals surface area (Å²) in [5.74, 6) is 0.0162. The Morgan fingerprint density at radius 1 is 1.21 bits per heavy atom. The van der Waals surface area contributed by atoms with E-state index in [0.717, 1.165) is 42.8 Å². The van der Waals surface area contributed by atoms with Gasteiger partial charge >= 0.3 is 0 Å². The van der Waals surface area contributed by atoms with Gasteiger partial charge in [0.25, 0.3) is 5.91 Å². The number of nitrogens with zero attached hydrogens (tertiary/aromatic N) is 2. The van der Waals surface area contributed by atoms with Crippen molar-refractivity contribution in [2.24, 2.45) is 0 Å². The van der Waals surface area contributed by atoms with Crippen molar-refractivity contribution >= 4 is 5.91 Å². The minimum Gasteiger partial charge on any atom is -0.387 e. The summed E-state index contributed by atoms with van der Waals surface area (Å²) >= 11 is 0. The van der Waals surface area contributed by atoms with Gasteiger partial charge in [-0.3, -0.25) is 4.79 Å². The van der Waals surface area contributed by atoms with E-state index in [1.54, 1.807) is 4.90 Å². The fraction of sp³-hybridized carbons (Fsp3) is 0.464. The van der Waals surface area contributed by atoms with Crippen LogP contribution in [0.15, 0.2) is 72.1 Å². The Kier molecular flexibility index (Phi) is 14.4. The van der Waals surface area contributed by atoms with Crippen LogP contribution in [-0.2, 0) is 6.42 Å². The van der Waals surface area contributed by atoms with Gasteiger partial charge in [0.05, 0.1) is 6.10 Å². The Morgan fingerprint density at radius 3 is 2.53 bits per heavy atom. The largest absolute Gasteiger partial charge is 0.387 e. The van der Waals surface area contributed by atoms with Gasteiger partial charge in [0.1, 0.15) is 0 Å². The number of aliphatic hydroxyl groups excluding tert-OH is 1. The predicted octanol–water partition coefficient (Wildman–Crippen LogP) is 3.73. The van der Waals surface area contributed by atoms with Gasteiger partial charge in [0.2, 0.25) is 0 Å². The molecule has 0 aliphatic carbocycles. The standard InChI is InChI=1S/C24H32N4O2.2C2H6/c1-27-14-4-6-22(18-27)23(29)16-26-13-11-19-7-9-21(10-8-19)24(30)28(2)17-20-5-3-12-25-15-20;2*1-2/h3-10,14-15,23,25-26,29H,11-13,16-18H2,1-2H3;2*1-2H3. The predicted molar refractivity (Wildman–Crippen MR) is 144 cm³/mol. The summed E-state index contributed by atoms with van der Waals surface area (Å²) in [7, 11) is 3.82. The van der Waals surface area contributed by atoms with Crippen LogP contribution in [0.5, 0.6) is 0 Å². The highest BCUT2D eigenvalue weighted by Crippen LogP contribution is 2.11. The van der Waals surface area contributed by atoms with Gasteiger partial charge < -0.3 is 25.5 Å². The SMILES string of the molecule is CC.CC.CN1C=CC=C(C(O)CNCCc2ccc(C(=O)N(C)CC3=CNCC=C3)cc2)C1. The van der Waals surface area contributed by atoms with Crippen LogP contribution >= 0.6 is 0 Å². The van der Waals surface area contributed by atoms with Crippen LogP contribution in [-0.4, -0.2) is 73.7 Å². The van der Waals surface area contributed by atoms with Crippen LogP contribution < -0.4 is 10.6 Å². The van der Waals surface area contributed by atoms with Crippen molar-refractivity contribution < 1.29 is 9.90 Å². The number of nitrogens with one attached hydrogen (secondary N) is 2. The van der Waals surface area contributed by atoms with E-state index >= 15 is 0 Å². The average Bonchev–Trinajstić information content (AvgIpc) is 2.89. The number of benzene rings is 1. The van der Waals surface area contributed by atoms with Crippen molar-refractivity contribution in [3.05, 3.63) is 83.2 Å². The summed E-state index contributed by atoms with van der Waals surface area (Å²) in [5, 5.41) is 16.8. The van der Waals surface area contributed by atoms with Crippen LogP contribution in [0.2, 0.25) is 0 Å². The molecule has 2 aliphatic rings. The fourth-order valence-electron chi connectivity index (χ4n) is 3.52. The highest BCUT2D eigenvalue weighted by atomic mass is 16.3. The molecule has 0 saturated heterocycles. The Morgan fingerprint density at radius 2 is 1.91 bits per heavy atom. The second-order valence-corrected chi connectivity index (χ2v) is 7.86. The van der Waals surface area contributed by atoms with Crippen LogP contribution in [0.4, 0.5) is 0 Å². The fourth-order valence-corrected chi connectivity index (χ4v) is 3.52. The highest BCUT2D eigenvalue weighted by molar-refractivity contribution is 5.94. The number of hydrogen-bond acceptors (Lipinski definition) is 5. The van der Waals surface area contributed by atoms with Gasteiger partial charge in [-0.25, -0.2) is 0 Å². The smallest absolute Gasteiger partial charge is 0.253 e. The highest BCUT2D eigenvalue weighted by Gasteiger charge is 2.14. The topological polar surface area (TPSA) is 67.8 Å². The van der Waals surface area contributed by atoms with Gasteiger partial charge in [-0.15, -0.1) is 0 Å². The molecule has 0 aromatic heterocycles. The van der Waals surface area contributed by atoms with E-state index in [2.05, 4.69) is 21.6 Å². The third-order valence-corrected chi connectivity index (χ3v) is 5.26. The number of dihydropyridines is 1. The number of allylic oxidation sites excluding steroid dienone is 2. The first-order chi connectivity index (χ1) is 16.5. The molecule has 3 rings (SSSR count). The molecule has 188 valence electrons. The van der Waals surface area contributed by atoms with E-state index in [1.807, 2.05) is 96.7 Å². The van der Waals surface area contributed by atoms with E-state index in [9.17, 15) is 9.90 Å². The lowest BCUT2D eigenvalue weighted by molar-refractivity contribution is 0.0807. The molecule has 1 aromatic carbocycles. The molecule has 1 atom stereocenters. The number of aliphatic hydroxyl groups is 1. The van der Waals surface area contributed by atoms with Crippen molar-refractivity contribution in [3.8, 4) is 0 Å². The van der Waals surface area contributed by atoms with E-state index in [0.29, 0.717) is 18.7 Å². The number of carbonyl (C=O) groups excluding carboxylic acids is 1. The van der Waals surface area contributed by atoms with Crippen LogP contribution in [0.25, 0.3) is 0 Å². The molecular formula is C28H44N4O2. The Hall–Kier alpha value is -2.83. The number of rotatable bonds is 9. The maximum atomic E-state index is 12.6. The van der Waals surface area contributed by atoms with Crippen molar-refractivity contribution in [1.82, 2.24) is 20.4 Å². The van der Waals surface area contributed by atoms with Gasteiger partial charge in [-0.05, 0) is 54.1 Å². The lowest BCUT2D eigenvalue weighted by Gasteiger charge is -2.23. The molecule has 3 N–H and O–H groups in total. The van der Waals surface area contributed by atoms with Crippen molar-refractivity contribution in [2.45, 2.75) is 40.2 Å². The third-order valence-electron chi connectivity index (χ3n) is 5.26. The zero-order valence-corrected chi connectivity index (χ0v) is 21.8. The lowest BCUT2D eigenvalue weighted by Crippen LogP contribution is -2.33. The quantitative estimate of drug-likeness (QED) is 0.482. The van der Waals surface area contributed by atoms with Crippen molar-refractivity contribution in [1.29, 1.82) is 0 Å². The van der Waals surface area contributed by atoms with Gasteiger partial charge in [0.15, 0.2) is 0 Å². The molecule has 0 saturated carbocycles. The number of carbonyl (C=O) groups is 1. The van der Waals surface area contributed by atoms with Gasteiger partial charge in [0, 0.05) is 52.0 Å². The maximum Gasteiger partial charge on any atom is 0.253 e. The molecule has 1 aromatic rings. The van der Waals surface area contributed by atoms with E-state index in [-0.39, 0.29) is 5.91 Å². The van der Waals surface area contributed by atoms with Gasteiger partial charge in [-0.2, -0.15) is 0 Å². The Labute approximate surface area is 206 Å². The molecule has 2 heterocycles. The summed E-state index contributed by atoms with van der Waals surface area (Å²) in [6.07, 6.45) is 12.4. The molecule has 0 spiro atoms. The molecule has 0 radical (unpaired) electrons. The van der Waals surface area contributed by atoms with Crippen LogP contribution in [0.3, 0.4) is 0 Å². The summed E-state index contributed by atoms with van der Waals surface area (Å²) in [6.45, 7) is 11.5. The Bertz CT molecular complexity index is 840. The molecular weight excluding hydrogens is 424 g/mol. The molecule has 1 unspecified atom stereocenters. The zero-order valence-electron chi connectivity index (χ0n) is 21.8. The second kappa shape index (κ2) is 16.7. The van der Waals surface area contributed by atoms with Crippen LogP contribution in [0.1, 0.15) is 43.6 Å². The minimum absolute atomic E-state index is 0.0162. The molecule has 34 heavy (non-hydrogen) atoms. The molecule has 0 bridgehead atoms. The Balaban J connectivity index is 0.00000137. The summed E-state index contributed by atoms with van der Waals surface area (Å²) in [6, 6.07) is 7.79. The first-order valence-corrected chi connectivity index (χ1v) is 12.4.